The van der Waals surface area contributed by atoms with Gasteiger partial charge in [-0.15, -0.1) is 0 Å². The number of benzene rings is 1. The van der Waals surface area contributed by atoms with E-state index >= 15 is 0 Å². The molecule has 0 saturated carbocycles. The molecule has 3 rings (SSSR count). The number of rotatable bonds is 6. The molecule has 1 aliphatic carbocycles. The summed E-state index contributed by atoms with van der Waals surface area (Å²) in [7, 11) is 1.27. The van der Waals surface area contributed by atoms with E-state index in [0.717, 1.165) is 28.0 Å². The lowest BCUT2D eigenvalue weighted by Crippen LogP contribution is -2.39. The number of alkyl carbamates (subject to hydrolysis) is 1. The monoisotopic (exact) mass is 500 g/mol. The SMILES string of the molecule is COC(=O)C1C=C2C(=CN(CC(C)C)C(CNC(=O)OC(C)(C)C)=C2c2ccc(Cl)cc2)CC1=O. The second-order valence-corrected chi connectivity index (χ2v) is 10.5. The average Bonchev–Trinajstić information content (AvgIpc) is 2.75. The van der Waals surface area contributed by atoms with E-state index in [2.05, 4.69) is 24.1 Å². The summed E-state index contributed by atoms with van der Waals surface area (Å²) in [5, 5.41) is 3.46. The zero-order valence-electron chi connectivity index (χ0n) is 21.1. The van der Waals surface area contributed by atoms with Crippen LogP contribution in [0.5, 0.6) is 0 Å². The van der Waals surface area contributed by atoms with Crippen LogP contribution in [0.4, 0.5) is 4.79 Å². The van der Waals surface area contributed by atoms with Crippen molar-refractivity contribution in [1.29, 1.82) is 0 Å². The maximum Gasteiger partial charge on any atom is 0.407 e. The van der Waals surface area contributed by atoms with E-state index in [4.69, 9.17) is 21.1 Å². The summed E-state index contributed by atoms with van der Waals surface area (Å²) in [5.74, 6) is -1.47. The number of hydrogen-bond acceptors (Lipinski definition) is 6. The van der Waals surface area contributed by atoms with Crippen molar-refractivity contribution in [2.75, 3.05) is 20.2 Å². The lowest BCUT2D eigenvalue weighted by atomic mass is 9.78. The first-order chi connectivity index (χ1) is 16.4. The molecular formula is C27H33ClN2O5. The van der Waals surface area contributed by atoms with Crippen molar-refractivity contribution in [2.24, 2.45) is 11.8 Å². The highest BCUT2D eigenvalue weighted by Gasteiger charge is 2.36. The quantitative estimate of drug-likeness (QED) is 0.431. The van der Waals surface area contributed by atoms with Crippen molar-refractivity contribution >= 4 is 35.0 Å². The first kappa shape index (κ1) is 26.5. The third-order valence-corrected chi connectivity index (χ3v) is 5.81. The molecule has 188 valence electrons. The Hall–Kier alpha value is -3.06. The van der Waals surface area contributed by atoms with Crippen LogP contribution in [0.3, 0.4) is 0 Å². The lowest BCUT2D eigenvalue weighted by molar-refractivity contribution is -0.147. The molecule has 1 N–H and O–H groups in total. The minimum Gasteiger partial charge on any atom is -0.468 e. The summed E-state index contributed by atoms with van der Waals surface area (Å²) in [5.41, 5.74) is 3.50. The Labute approximate surface area is 211 Å². The van der Waals surface area contributed by atoms with Crippen molar-refractivity contribution in [3.8, 4) is 0 Å². The van der Waals surface area contributed by atoms with Crippen LogP contribution in [0.25, 0.3) is 5.57 Å². The van der Waals surface area contributed by atoms with Gasteiger partial charge in [-0.25, -0.2) is 4.79 Å². The molecule has 1 atom stereocenters. The second kappa shape index (κ2) is 10.7. The molecule has 1 aromatic rings. The number of ketones is 1. The topological polar surface area (TPSA) is 84.9 Å². The summed E-state index contributed by atoms with van der Waals surface area (Å²) in [6.45, 7) is 10.5. The van der Waals surface area contributed by atoms with Crippen molar-refractivity contribution in [3.63, 3.8) is 0 Å². The van der Waals surface area contributed by atoms with Gasteiger partial charge in [-0.3, -0.25) is 9.59 Å². The van der Waals surface area contributed by atoms with Gasteiger partial charge in [-0.05, 0) is 55.5 Å². The standard InChI is InChI=1S/C27H33ClN2O5/c1-16(2)14-30-15-18-11-23(31)21(25(32)34-6)12-20(18)24(17-7-9-19(28)10-8-17)22(30)13-29-26(33)35-27(3,4)5/h7-10,12,15-16,21H,11,13-14H2,1-6H3,(H,29,33). The summed E-state index contributed by atoms with van der Waals surface area (Å²) >= 11 is 6.16. The van der Waals surface area contributed by atoms with E-state index in [0.29, 0.717) is 17.5 Å². The lowest BCUT2D eigenvalue weighted by Gasteiger charge is -2.37. The zero-order valence-corrected chi connectivity index (χ0v) is 21.9. The van der Waals surface area contributed by atoms with Crippen LogP contribution in [-0.4, -0.2) is 48.5 Å². The number of nitrogens with one attached hydrogen (secondary N) is 1. The molecule has 0 aromatic heterocycles. The number of methoxy groups -OCH3 is 1. The number of Topliss-reactive ketones (excluding diaryl/α,β-unsaturated/α-hetero) is 1. The van der Waals surface area contributed by atoms with Gasteiger partial charge in [0.05, 0.1) is 13.7 Å². The number of carbonyl (C=O) groups is 3. The summed E-state index contributed by atoms with van der Waals surface area (Å²) in [6.07, 6.45) is 3.21. The highest BCUT2D eigenvalue weighted by atomic mass is 35.5. The van der Waals surface area contributed by atoms with Gasteiger partial charge < -0.3 is 19.7 Å². The Bertz CT molecular complexity index is 1090. The van der Waals surface area contributed by atoms with E-state index in [1.807, 2.05) is 39.1 Å². The summed E-state index contributed by atoms with van der Waals surface area (Å²) in [6, 6.07) is 7.37. The fourth-order valence-corrected chi connectivity index (χ4v) is 4.29. The molecule has 1 unspecified atom stereocenters. The Morgan fingerprint density at radius 3 is 2.43 bits per heavy atom. The van der Waals surface area contributed by atoms with Gasteiger partial charge in [0.2, 0.25) is 0 Å². The summed E-state index contributed by atoms with van der Waals surface area (Å²) < 4.78 is 10.3. The Morgan fingerprint density at radius 1 is 1.20 bits per heavy atom. The number of fused-ring (bicyclic) bond motifs is 1. The van der Waals surface area contributed by atoms with Crippen molar-refractivity contribution in [2.45, 2.75) is 46.6 Å². The van der Waals surface area contributed by atoms with Crippen LogP contribution in [0.2, 0.25) is 5.02 Å². The molecule has 0 fully saturated rings. The number of carbonyl (C=O) groups excluding carboxylic acids is 3. The molecule has 1 aliphatic heterocycles. The molecule has 8 heteroatoms. The number of esters is 1. The van der Waals surface area contributed by atoms with Crippen LogP contribution in [-0.2, 0) is 19.1 Å². The molecule has 0 bridgehead atoms. The number of hydrogen-bond donors (Lipinski definition) is 1. The Balaban J connectivity index is 2.15. The first-order valence-electron chi connectivity index (χ1n) is 11.7. The van der Waals surface area contributed by atoms with E-state index in [-0.39, 0.29) is 18.7 Å². The van der Waals surface area contributed by atoms with Gasteiger partial charge in [-0.2, -0.15) is 0 Å². The fraction of sp³-hybridized carbons (Fsp3) is 0.444. The molecular weight excluding hydrogens is 468 g/mol. The molecule has 2 aliphatic rings. The third kappa shape index (κ3) is 6.54. The minimum atomic E-state index is -0.980. The molecule has 7 nitrogen and oxygen atoms in total. The Kier molecular flexibility index (Phi) is 8.11. The Morgan fingerprint density at radius 2 is 1.86 bits per heavy atom. The fourth-order valence-electron chi connectivity index (χ4n) is 4.17. The van der Waals surface area contributed by atoms with Crippen molar-refractivity contribution in [1.82, 2.24) is 10.2 Å². The molecule has 35 heavy (non-hydrogen) atoms. The summed E-state index contributed by atoms with van der Waals surface area (Å²) in [4.78, 5) is 39.7. The smallest absolute Gasteiger partial charge is 0.407 e. The maximum absolute atomic E-state index is 12.8. The third-order valence-electron chi connectivity index (χ3n) is 5.56. The molecule has 1 aromatic carbocycles. The van der Waals surface area contributed by atoms with Crippen LogP contribution in [0.15, 0.2) is 53.4 Å². The van der Waals surface area contributed by atoms with Gasteiger partial charge in [0.1, 0.15) is 11.5 Å². The predicted octanol–water partition coefficient (Wildman–Crippen LogP) is 5.12. The van der Waals surface area contributed by atoms with Gasteiger partial charge in [0.25, 0.3) is 0 Å². The largest absolute Gasteiger partial charge is 0.468 e. The average molecular weight is 501 g/mol. The van der Waals surface area contributed by atoms with E-state index in [1.54, 1.807) is 18.2 Å². The van der Waals surface area contributed by atoms with Gasteiger partial charge in [0.15, 0.2) is 5.78 Å². The van der Waals surface area contributed by atoms with Crippen molar-refractivity contribution in [3.05, 3.63) is 64.0 Å². The number of amides is 1. The molecule has 0 radical (unpaired) electrons. The molecule has 1 heterocycles. The molecule has 0 saturated heterocycles. The van der Waals surface area contributed by atoms with E-state index < -0.39 is 23.6 Å². The predicted molar refractivity (Wildman–Crippen MR) is 135 cm³/mol. The zero-order chi connectivity index (χ0) is 25.9. The number of halogens is 1. The van der Waals surface area contributed by atoms with Crippen LogP contribution >= 0.6 is 11.6 Å². The number of nitrogens with zero attached hydrogens (tertiary/aromatic N) is 1. The van der Waals surface area contributed by atoms with E-state index in [1.165, 1.54) is 7.11 Å². The highest BCUT2D eigenvalue weighted by molar-refractivity contribution is 6.30. The van der Waals surface area contributed by atoms with Crippen molar-refractivity contribution < 1.29 is 23.9 Å². The molecule has 1 amide bonds. The van der Waals surface area contributed by atoms with Crippen LogP contribution in [0.1, 0.15) is 46.6 Å². The number of allylic oxidation sites excluding steroid dienone is 3. The molecule has 0 spiro atoms. The number of ether oxygens (including phenoxy) is 2. The normalized spacial score (nSPS) is 18.1. The van der Waals surface area contributed by atoms with Gasteiger partial charge >= 0.3 is 12.1 Å². The van der Waals surface area contributed by atoms with Gasteiger partial charge in [-0.1, -0.05) is 43.7 Å². The van der Waals surface area contributed by atoms with Gasteiger partial charge in [0, 0.05) is 35.5 Å². The first-order valence-corrected chi connectivity index (χ1v) is 12.0. The highest BCUT2D eigenvalue weighted by Crippen LogP contribution is 2.42. The van der Waals surface area contributed by atoms with E-state index in [9.17, 15) is 14.4 Å². The van der Waals surface area contributed by atoms with Crippen LogP contribution < -0.4 is 5.32 Å². The second-order valence-electron chi connectivity index (χ2n) is 10.1. The van der Waals surface area contributed by atoms with Crippen LogP contribution in [0, 0.1) is 11.8 Å². The maximum atomic E-state index is 12.8. The minimum absolute atomic E-state index is 0.115.